The van der Waals surface area contributed by atoms with Gasteiger partial charge in [-0.25, -0.2) is 4.98 Å². The Morgan fingerprint density at radius 3 is 2.63 bits per heavy atom. The van der Waals surface area contributed by atoms with Gasteiger partial charge in [0, 0.05) is 6.54 Å². The number of benzene rings is 1. The summed E-state index contributed by atoms with van der Waals surface area (Å²) in [5, 5.41) is 4.66. The van der Waals surface area contributed by atoms with E-state index < -0.39 is 0 Å². The molecule has 0 fully saturated rings. The van der Waals surface area contributed by atoms with Gasteiger partial charge in [0.2, 0.25) is 0 Å². The largest absolute Gasteiger partial charge is 0.311 e. The highest BCUT2D eigenvalue weighted by Gasteiger charge is 2.12. The van der Waals surface area contributed by atoms with Crippen molar-refractivity contribution < 1.29 is 0 Å². The van der Waals surface area contributed by atoms with E-state index in [-0.39, 0.29) is 0 Å². The number of rotatable bonds is 7. The summed E-state index contributed by atoms with van der Waals surface area (Å²) < 4.78 is 0. The molecule has 1 N–H and O–H groups in total. The zero-order valence-electron chi connectivity index (χ0n) is 11.8. The van der Waals surface area contributed by atoms with E-state index in [1.165, 1.54) is 34.0 Å². The van der Waals surface area contributed by atoms with Crippen LogP contribution in [0.15, 0.2) is 30.3 Å². The Balaban J connectivity index is 2.25. The molecule has 2 nitrogen and oxygen atoms in total. The molecule has 2 aromatic rings. The smallest absolute Gasteiger partial charge is 0.0935 e. The third-order valence-corrected chi connectivity index (χ3v) is 4.27. The molecule has 0 aliphatic carbocycles. The number of aryl methyl sites for hydroxylation is 1. The normalized spacial score (nSPS) is 10.8. The Labute approximate surface area is 119 Å². The van der Waals surface area contributed by atoms with Crippen LogP contribution < -0.4 is 5.32 Å². The molecule has 102 valence electrons. The molecule has 0 aliphatic rings. The molecule has 1 aromatic heterocycles. The highest BCUT2D eigenvalue weighted by molar-refractivity contribution is 7.15. The van der Waals surface area contributed by atoms with Crippen molar-refractivity contribution in [3.05, 3.63) is 41.0 Å². The van der Waals surface area contributed by atoms with Gasteiger partial charge < -0.3 is 5.32 Å². The number of aromatic nitrogens is 1. The van der Waals surface area contributed by atoms with Crippen LogP contribution in [0.2, 0.25) is 0 Å². The van der Waals surface area contributed by atoms with E-state index in [1.54, 1.807) is 0 Å². The summed E-state index contributed by atoms with van der Waals surface area (Å²) in [5.74, 6) is 0. The van der Waals surface area contributed by atoms with Crippen LogP contribution in [0.4, 0.5) is 0 Å². The van der Waals surface area contributed by atoms with Crippen LogP contribution in [0, 0.1) is 0 Å². The van der Waals surface area contributed by atoms with Gasteiger partial charge in [0.25, 0.3) is 0 Å². The standard InChI is InChI=1S/C16H22N2S/c1-3-5-11-15-18-14(12-17-4-2)16(19-15)13-9-7-6-8-10-13/h6-10,17H,3-5,11-12H2,1-2H3. The molecular formula is C16H22N2S. The molecule has 1 aromatic carbocycles. The first-order chi connectivity index (χ1) is 9.35. The molecular weight excluding hydrogens is 252 g/mol. The molecule has 0 saturated heterocycles. The lowest BCUT2D eigenvalue weighted by Gasteiger charge is -2.02. The molecule has 0 bridgehead atoms. The molecule has 3 heteroatoms. The third kappa shape index (κ3) is 3.88. The predicted octanol–water partition coefficient (Wildman–Crippen LogP) is 4.26. The summed E-state index contributed by atoms with van der Waals surface area (Å²) >= 11 is 1.85. The molecule has 1 heterocycles. The summed E-state index contributed by atoms with van der Waals surface area (Å²) in [6, 6.07) is 10.6. The number of unbranched alkanes of at least 4 members (excludes halogenated alkanes) is 1. The van der Waals surface area contributed by atoms with Crippen LogP contribution in [-0.2, 0) is 13.0 Å². The number of nitrogens with zero attached hydrogens (tertiary/aromatic N) is 1. The summed E-state index contributed by atoms with van der Waals surface area (Å²) in [5.41, 5.74) is 2.49. The first-order valence-electron chi connectivity index (χ1n) is 7.09. The van der Waals surface area contributed by atoms with Crippen LogP contribution in [0.5, 0.6) is 0 Å². The maximum absolute atomic E-state index is 4.82. The number of hydrogen-bond acceptors (Lipinski definition) is 3. The van der Waals surface area contributed by atoms with Crippen molar-refractivity contribution in [3.8, 4) is 10.4 Å². The Hall–Kier alpha value is -1.19. The average Bonchev–Trinajstić information content (AvgIpc) is 2.87. The van der Waals surface area contributed by atoms with Gasteiger partial charge in [-0.1, -0.05) is 50.6 Å². The highest BCUT2D eigenvalue weighted by atomic mass is 32.1. The fraction of sp³-hybridized carbons (Fsp3) is 0.438. The van der Waals surface area contributed by atoms with Crippen molar-refractivity contribution in [2.45, 2.75) is 39.7 Å². The Bertz CT molecular complexity index is 491. The van der Waals surface area contributed by atoms with Gasteiger partial charge in [-0.15, -0.1) is 11.3 Å². The lowest BCUT2D eigenvalue weighted by Crippen LogP contribution is -2.12. The first kappa shape index (κ1) is 14.2. The fourth-order valence-electron chi connectivity index (χ4n) is 2.01. The van der Waals surface area contributed by atoms with Crippen molar-refractivity contribution in [1.29, 1.82) is 0 Å². The van der Waals surface area contributed by atoms with E-state index in [4.69, 9.17) is 4.98 Å². The lowest BCUT2D eigenvalue weighted by molar-refractivity contribution is 0.709. The number of thiazole rings is 1. The zero-order chi connectivity index (χ0) is 13.5. The van der Waals surface area contributed by atoms with Crippen molar-refractivity contribution in [1.82, 2.24) is 10.3 Å². The minimum atomic E-state index is 0.864. The zero-order valence-corrected chi connectivity index (χ0v) is 12.6. The van der Waals surface area contributed by atoms with Crippen LogP contribution in [0.1, 0.15) is 37.4 Å². The molecule has 0 atom stereocenters. The molecule has 0 amide bonds. The summed E-state index contributed by atoms with van der Waals surface area (Å²) in [6.07, 6.45) is 3.55. The Kier molecular flexibility index (Phi) is 5.55. The van der Waals surface area contributed by atoms with E-state index in [1.807, 2.05) is 11.3 Å². The van der Waals surface area contributed by atoms with Gasteiger partial charge in [0.05, 0.1) is 15.6 Å². The van der Waals surface area contributed by atoms with Crippen LogP contribution in [0.3, 0.4) is 0 Å². The highest BCUT2D eigenvalue weighted by Crippen LogP contribution is 2.31. The minimum Gasteiger partial charge on any atom is -0.311 e. The molecule has 0 unspecified atom stereocenters. The van der Waals surface area contributed by atoms with Gasteiger partial charge >= 0.3 is 0 Å². The van der Waals surface area contributed by atoms with E-state index in [9.17, 15) is 0 Å². The molecule has 0 radical (unpaired) electrons. The molecule has 0 spiro atoms. The maximum atomic E-state index is 4.82. The van der Waals surface area contributed by atoms with Gasteiger partial charge in [-0.3, -0.25) is 0 Å². The second kappa shape index (κ2) is 7.41. The van der Waals surface area contributed by atoms with Crippen molar-refractivity contribution in [3.63, 3.8) is 0 Å². The quantitative estimate of drug-likeness (QED) is 0.816. The van der Waals surface area contributed by atoms with E-state index >= 15 is 0 Å². The minimum absolute atomic E-state index is 0.864. The average molecular weight is 274 g/mol. The van der Waals surface area contributed by atoms with Gasteiger partial charge in [0.1, 0.15) is 0 Å². The van der Waals surface area contributed by atoms with Gasteiger partial charge in [-0.2, -0.15) is 0 Å². The lowest BCUT2D eigenvalue weighted by atomic mass is 10.1. The maximum Gasteiger partial charge on any atom is 0.0935 e. The predicted molar refractivity (Wildman–Crippen MR) is 83.5 cm³/mol. The first-order valence-corrected chi connectivity index (χ1v) is 7.91. The van der Waals surface area contributed by atoms with Gasteiger partial charge in [0.15, 0.2) is 0 Å². The van der Waals surface area contributed by atoms with Crippen molar-refractivity contribution in [2.75, 3.05) is 6.54 Å². The summed E-state index contributed by atoms with van der Waals surface area (Å²) in [4.78, 5) is 6.14. The molecule has 0 saturated carbocycles. The van der Waals surface area contributed by atoms with Crippen molar-refractivity contribution >= 4 is 11.3 Å². The second-order valence-corrected chi connectivity index (χ2v) is 5.72. The molecule has 19 heavy (non-hydrogen) atoms. The van der Waals surface area contributed by atoms with Gasteiger partial charge in [-0.05, 0) is 24.9 Å². The molecule has 0 aliphatic heterocycles. The van der Waals surface area contributed by atoms with E-state index in [0.29, 0.717) is 0 Å². The van der Waals surface area contributed by atoms with Crippen molar-refractivity contribution in [2.24, 2.45) is 0 Å². The third-order valence-electron chi connectivity index (χ3n) is 3.06. The Morgan fingerprint density at radius 1 is 1.16 bits per heavy atom. The topological polar surface area (TPSA) is 24.9 Å². The second-order valence-electron chi connectivity index (χ2n) is 4.63. The summed E-state index contributed by atoms with van der Waals surface area (Å²) in [7, 11) is 0. The SMILES string of the molecule is CCCCc1nc(CNCC)c(-c2ccccc2)s1. The van der Waals surface area contributed by atoms with Crippen LogP contribution in [-0.4, -0.2) is 11.5 Å². The number of nitrogens with one attached hydrogen (secondary N) is 1. The fourth-order valence-corrected chi connectivity index (χ4v) is 3.14. The van der Waals surface area contributed by atoms with E-state index in [0.717, 1.165) is 19.5 Å². The van der Waals surface area contributed by atoms with E-state index in [2.05, 4.69) is 49.5 Å². The van der Waals surface area contributed by atoms with Crippen LogP contribution in [0.25, 0.3) is 10.4 Å². The summed E-state index contributed by atoms with van der Waals surface area (Å²) in [6.45, 7) is 6.21. The van der Waals surface area contributed by atoms with Crippen LogP contribution >= 0.6 is 11.3 Å². The number of hydrogen-bond donors (Lipinski definition) is 1. The Morgan fingerprint density at radius 2 is 1.95 bits per heavy atom. The monoisotopic (exact) mass is 274 g/mol. The molecule has 2 rings (SSSR count).